The fraction of sp³-hybridized carbons (Fsp3) is 0.522. The van der Waals surface area contributed by atoms with E-state index in [2.05, 4.69) is 15.7 Å². The van der Waals surface area contributed by atoms with Gasteiger partial charge in [0.1, 0.15) is 5.82 Å². The smallest absolute Gasteiger partial charge is 0.272 e. The van der Waals surface area contributed by atoms with Gasteiger partial charge in [0.15, 0.2) is 5.69 Å². The minimum atomic E-state index is -0.292. The van der Waals surface area contributed by atoms with Crippen LogP contribution in [0, 0.1) is 5.82 Å². The summed E-state index contributed by atoms with van der Waals surface area (Å²) < 4.78 is 14.9. The van der Waals surface area contributed by atoms with Crippen molar-refractivity contribution in [1.82, 2.24) is 25.3 Å². The summed E-state index contributed by atoms with van der Waals surface area (Å²) >= 11 is 0. The predicted octanol–water partition coefficient (Wildman–Crippen LogP) is 1.95. The summed E-state index contributed by atoms with van der Waals surface area (Å²) in [6.45, 7) is 2.89. The predicted molar refractivity (Wildman–Crippen MR) is 115 cm³/mol. The van der Waals surface area contributed by atoms with E-state index in [4.69, 9.17) is 0 Å². The van der Waals surface area contributed by atoms with Crippen LogP contribution in [0.5, 0.6) is 0 Å². The maximum Gasteiger partial charge on any atom is 0.272 e. The SMILES string of the molecule is Cn1nc(C(=O)NCc2ccc(F)cc2)c2c1CCC(NCCCN1CCCC1=O)C2. The molecular weight excluding hydrogens is 397 g/mol. The Morgan fingerprint density at radius 2 is 2.06 bits per heavy atom. The summed E-state index contributed by atoms with van der Waals surface area (Å²) in [7, 11) is 1.89. The third-order valence-corrected chi connectivity index (χ3v) is 6.25. The number of hydrogen-bond acceptors (Lipinski definition) is 4. The summed E-state index contributed by atoms with van der Waals surface area (Å²) in [6, 6.07) is 6.41. The third-order valence-electron chi connectivity index (χ3n) is 6.25. The second-order valence-electron chi connectivity index (χ2n) is 8.44. The van der Waals surface area contributed by atoms with Gasteiger partial charge in [-0.1, -0.05) is 12.1 Å². The van der Waals surface area contributed by atoms with Crippen molar-refractivity contribution in [3.8, 4) is 0 Å². The van der Waals surface area contributed by atoms with Crippen LogP contribution in [0.3, 0.4) is 0 Å². The lowest BCUT2D eigenvalue weighted by Crippen LogP contribution is -2.37. The number of benzene rings is 1. The quantitative estimate of drug-likeness (QED) is 0.631. The molecule has 1 aliphatic heterocycles. The van der Waals surface area contributed by atoms with Gasteiger partial charge in [-0.05, 0) is 56.3 Å². The largest absolute Gasteiger partial charge is 0.347 e. The molecule has 1 aliphatic carbocycles. The van der Waals surface area contributed by atoms with Gasteiger partial charge in [-0.25, -0.2) is 4.39 Å². The minimum absolute atomic E-state index is 0.200. The maximum atomic E-state index is 13.1. The van der Waals surface area contributed by atoms with E-state index in [1.54, 1.807) is 12.1 Å². The van der Waals surface area contributed by atoms with E-state index >= 15 is 0 Å². The molecule has 0 radical (unpaired) electrons. The Bertz CT molecular complexity index is 940. The van der Waals surface area contributed by atoms with Crippen LogP contribution in [0.25, 0.3) is 0 Å². The highest BCUT2D eigenvalue weighted by atomic mass is 19.1. The van der Waals surface area contributed by atoms with Crippen molar-refractivity contribution in [2.24, 2.45) is 7.05 Å². The normalized spacial score (nSPS) is 18.3. The molecule has 1 aromatic carbocycles. The molecule has 31 heavy (non-hydrogen) atoms. The summed E-state index contributed by atoms with van der Waals surface area (Å²) in [5.74, 6) is -0.220. The van der Waals surface area contributed by atoms with E-state index in [0.29, 0.717) is 24.7 Å². The maximum absolute atomic E-state index is 13.1. The van der Waals surface area contributed by atoms with E-state index in [-0.39, 0.29) is 17.6 Å². The molecule has 7 nitrogen and oxygen atoms in total. The lowest BCUT2D eigenvalue weighted by atomic mass is 9.91. The third kappa shape index (κ3) is 5.12. The Labute approximate surface area is 182 Å². The molecule has 2 N–H and O–H groups in total. The lowest BCUT2D eigenvalue weighted by Gasteiger charge is -2.25. The number of hydrogen-bond donors (Lipinski definition) is 2. The number of aromatic nitrogens is 2. The number of rotatable bonds is 8. The monoisotopic (exact) mass is 427 g/mol. The molecule has 166 valence electrons. The minimum Gasteiger partial charge on any atom is -0.347 e. The van der Waals surface area contributed by atoms with E-state index in [1.807, 2.05) is 16.6 Å². The summed E-state index contributed by atoms with van der Waals surface area (Å²) in [5.41, 5.74) is 3.45. The standard InChI is InChI=1S/C23H30FN5O2/c1-28-20-10-9-18(25-11-3-13-29-12-2-4-21(29)30)14-19(20)22(27-28)23(31)26-15-16-5-7-17(24)8-6-16/h5-8,18,25H,2-4,9-15H2,1H3,(H,26,31). The number of carbonyl (C=O) groups is 2. The van der Waals surface area contributed by atoms with Gasteiger partial charge < -0.3 is 15.5 Å². The number of aryl methyl sites for hydroxylation is 1. The van der Waals surface area contributed by atoms with Crippen LogP contribution >= 0.6 is 0 Å². The Balaban J connectivity index is 1.31. The van der Waals surface area contributed by atoms with Crippen LogP contribution in [0.1, 0.15) is 53.0 Å². The number of carbonyl (C=O) groups excluding carboxylic acids is 2. The number of likely N-dealkylation sites (tertiary alicyclic amines) is 1. The molecule has 2 amide bonds. The number of nitrogens with one attached hydrogen (secondary N) is 2. The van der Waals surface area contributed by atoms with E-state index in [0.717, 1.165) is 68.6 Å². The molecule has 2 aliphatic rings. The highest BCUT2D eigenvalue weighted by molar-refractivity contribution is 5.94. The highest BCUT2D eigenvalue weighted by Gasteiger charge is 2.28. The van der Waals surface area contributed by atoms with Gasteiger partial charge in [0.05, 0.1) is 0 Å². The van der Waals surface area contributed by atoms with Crippen LogP contribution < -0.4 is 10.6 Å². The van der Waals surface area contributed by atoms with Crippen molar-refractivity contribution in [3.63, 3.8) is 0 Å². The van der Waals surface area contributed by atoms with Gasteiger partial charge in [0.2, 0.25) is 5.91 Å². The van der Waals surface area contributed by atoms with Crippen molar-refractivity contribution in [2.45, 2.75) is 51.1 Å². The zero-order chi connectivity index (χ0) is 21.8. The topological polar surface area (TPSA) is 79.3 Å². The van der Waals surface area contributed by atoms with Crippen molar-refractivity contribution >= 4 is 11.8 Å². The zero-order valence-electron chi connectivity index (χ0n) is 18.0. The first kappa shape index (κ1) is 21.5. The Morgan fingerprint density at radius 1 is 1.26 bits per heavy atom. The molecule has 2 heterocycles. The van der Waals surface area contributed by atoms with E-state index < -0.39 is 0 Å². The molecule has 1 saturated heterocycles. The summed E-state index contributed by atoms with van der Waals surface area (Å²) in [5, 5.41) is 11.0. The van der Waals surface area contributed by atoms with Crippen LogP contribution in [0.2, 0.25) is 0 Å². The molecular formula is C23H30FN5O2. The Kier molecular flexibility index (Phi) is 6.65. The van der Waals surface area contributed by atoms with Gasteiger partial charge in [0, 0.05) is 50.4 Å². The number of fused-ring (bicyclic) bond motifs is 1. The van der Waals surface area contributed by atoms with Crippen LogP contribution in [0.4, 0.5) is 4.39 Å². The van der Waals surface area contributed by atoms with Crippen molar-refractivity contribution in [1.29, 1.82) is 0 Å². The first-order valence-electron chi connectivity index (χ1n) is 11.1. The molecule has 1 fully saturated rings. The van der Waals surface area contributed by atoms with Crippen LogP contribution in [-0.4, -0.2) is 52.2 Å². The molecule has 0 saturated carbocycles. The average molecular weight is 428 g/mol. The van der Waals surface area contributed by atoms with Crippen LogP contribution in [-0.2, 0) is 31.2 Å². The van der Waals surface area contributed by atoms with E-state index in [1.165, 1.54) is 12.1 Å². The molecule has 4 rings (SSSR count). The second kappa shape index (κ2) is 9.60. The Hall–Kier alpha value is -2.74. The highest BCUT2D eigenvalue weighted by Crippen LogP contribution is 2.24. The van der Waals surface area contributed by atoms with Gasteiger partial charge in [0.25, 0.3) is 5.91 Å². The summed E-state index contributed by atoms with van der Waals surface area (Å²) in [6.07, 6.45) is 5.26. The molecule has 0 spiro atoms. The van der Waals surface area contributed by atoms with Gasteiger partial charge in [-0.3, -0.25) is 14.3 Å². The van der Waals surface area contributed by atoms with Gasteiger partial charge in [-0.2, -0.15) is 5.10 Å². The van der Waals surface area contributed by atoms with Crippen molar-refractivity contribution in [3.05, 3.63) is 52.6 Å². The second-order valence-corrected chi connectivity index (χ2v) is 8.44. The number of halogens is 1. The van der Waals surface area contributed by atoms with Crippen molar-refractivity contribution < 1.29 is 14.0 Å². The summed E-state index contributed by atoms with van der Waals surface area (Å²) in [4.78, 5) is 26.5. The van der Waals surface area contributed by atoms with Gasteiger partial charge >= 0.3 is 0 Å². The van der Waals surface area contributed by atoms with Crippen LogP contribution in [0.15, 0.2) is 24.3 Å². The molecule has 8 heteroatoms. The average Bonchev–Trinajstić information content (AvgIpc) is 3.33. The fourth-order valence-corrected chi connectivity index (χ4v) is 4.53. The number of amides is 2. The van der Waals surface area contributed by atoms with Gasteiger partial charge in [-0.15, -0.1) is 0 Å². The molecule has 1 atom stereocenters. The molecule has 1 unspecified atom stereocenters. The lowest BCUT2D eigenvalue weighted by molar-refractivity contribution is -0.127. The molecule has 0 bridgehead atoms. The zero-order valence-corrected chi connectivity index (χ0v) is 18.0. The van der Waals surface area contributed by atoms with Crippen molar-refractivity contribution in [2.75, 3.05) is 19.6 Å². The fourth-order valence-electron chi connectivity index (χ4n) is 4.53. The first-order valence-corrected chi connectivity index (χ1v) is 11.1. The number of nitrogens with zero attached hydrogens (tertiary/aromatic N) is 3. The van der Waals surface area contributed by atoms with E-state index in [9.17, 15) is 14.0 Å². The molecule has 2 aromatic rings. The first-order chi connectivity index (χ1) is 15.0. The Morgan fingerprint density at radius 3 is 2.81 bits per heavy atom. The molecule has 1 aromatic heterocycles.